The highest BCUT2D eigenvalue weighted by Crippen LogP contribution is 2.30. The molecule has 0 heterocycles. The molecule has 0 amide bonds. The molecule has 0 spiro atoms. The summed E-state index contributed by atoms with van der Waals surface area (Å²) >= 11 is 0. The Kier molecular flexibility index (Phi) is 3.85. The van der Waals surface area contributed by atoms with Gasteiger partial charge in [-0.2, -0.15) is 18.2 Å². The zero-order valence-corrected chi connectivity index (χ0v) is 8.58. The average Bonchev–Trinajstić information content (AvgIpc) is 2.25. The zero-order valence-electron chi connectivity index (χ0n) is 8.58. The molecule has 0 aliphatic rings. The predicted molar refractivity (Wildman–Crippen MR) is 52.6 cm³/mol. The molecule has 2 nitrogen and oxygen atoms in total. The van der Waals surface area contributed by atoms with Crippen molar-refractivity contribution in [1.29, 1.82) is 0 Å². The smallest absolute Gasteiger partial charge is 0.211 e. The van der Waals surface area contributed by atoms with Crippen molar-refractivity contribution >= 4 is 6.08 Å². The van der Waals surface area contributed by atoms with Crippen LogP contribution in [0.5, 0.6) is 0 Å². The van der Waals surface area contributed by atoms with E-state index in [9.17, 15) is 18.0 Å². The first-order chi connectivity index (χ1) is 7.49. The second-order valence-corrected chi connectivity index (χ2v) is 3.26. The van der Waals surface area contributed by atoms with Gasteiger partial charge in [0, 0.05) is 0 Å². The van der Waals surface area contributed by atoms with E-state index >= 15 is 0 Å². The Morgan fingerprint density at radius 3 is 2.25 bits per heavy atom. The topological polar surface area (TPSA) is 29.4 Å². The van der Waals surface area contributed by atoms with E-state index < -0.39 is 17.8 Å². The fourth-order valence-corrected chi connectivity index (χ4v) is 1.36. The van der Waals surface area contributed by atoms with Crippen LogP contribution in [-0.4, -0.2) is 6.08 Å². The summed E-state index contributed by atoms with van der Waals surface area (Å²) in [6, 6.07) is 4.21. The van der Waals surface area contributed by atoms with Crippen molar-refractivity contribution in [3.63, 3.8) is 0 Å². The van der Waals surface area contributed by atoms with Gasteiger partial charge in [0.1, 0.15) is 0 Å². The molecule has 1 rings (SSSR count). The molecule has 5 heteroatoms. The van der Waals surface area contributed by atoms with Gasteiger partial charge in [-0.15, -0.1) is 0 Å². The van der Waals surface area contributed by atoms with Gasteiger partial charge in [0.15, 0.2) is 0 Å². The maximum atomic E-state index is 12.3. The summed E-state index contributed by atoms with van der Waals surface area (Å²) in [7, 11) is 0. The summed E-state index contributed by atoms with van der Waals surface area (Å²) < 4.78 is 36.8. The van der Waals surface area contributed by atoms with Gasteiger partial charge in [0.2, 0.25) is 6.08 Å². The average molecular weight is 229 g/mol. The first kappa shape index (κ1) is 12.5. The lowest BCUT2D eigenvalue weighted by Gasteiger charge is -2.10. The molecule has 0 saturated heterocycles. The number of halogens is 3. The van der Waals surface area contributed by atoms with Gasteiger partial charge in [-0.1, -0.05) is 19.1 Å². The molecule has 1 atom stereocenters. The molecule has 0 saturated carbocycles. The summed E-state index contributed by atoms with van der Waals surface area (Å²) in [5.74, 6) is 0. The number of hydrogen-bond donors (Lipinski definition) is 0. The van der Waals surface area contributed by atoms with Crippen LogP contribution in [0.1, 0.15) is 30.5 Å². The molecule has 0 aliphatic heterocycles. The van der Waals surface area contributed by atoms with Gasteiger partial charge >= 0.3 is 6.18 Å². The fourth-order valence-electron chi connectivity index (χ4n) is 1.36. The standard InChI is InChI=1S/C11H10F3NO/c1-2-10(15-7-16)8-3-5-9(6-4-8)11(12,13)14/h3-6,10H,2H2,1H3. The Morgan fingerprint density at radius 2 is 1.88 bits per heavy atom. The molecular weight excluding hydrogens is 219 g/mol. The first-order valence-corrected chi connectivity index (χ1v) is 4.73. The minimum Gasteiger partial charge on any atom is -0.211 e. The molecule has 1 aromatic carbocycles. The second-order valence-electron chi connectivity index (χ2n) is 3.26. The zero-order chi connectivity index (χ0) is 12.2. The number of alkyl halides is 3. The van der Waals surface area contributed by atoms with Crippen LogP contribution in [0.4, 0.5) is 13.2 Å². The van der Waals surface area contributed by atoms with Crippen molar-refractivity contribution in [1.82, 2.24) is 0 Å². The summed E-state index contributed by atoms with van der Waals surface area (Å²) in [6.07, 6.45) is -2.38. The van der Waals surface area contributed by atoms with Crippen LogP contribution in [0.25, 0.3) is 0 Å². The Balaban J connectivity index is 2.98. The molecule has 0 aliphatic carbocycles. The number of benzene rings is 1. The van der Waals surface area contributed by atoms with E-state index in [2.05, 4.69) is 4.99 Å². The quantitative estimate of drug-likeness (QED) is 0.576. The number of rotatable bonds is 3. The number of aliphatic imine (C=N–C) groups is 1. The van der Waals surface area contributed by atoms with Crippen LogP contribution in [-0.2, 0) is 11.0 Å². The van der Waals surface area contributed by atoms with Crippen molar-refractivity contribution in [3.8, 4) is 0 Å². The lowest BCUT2D eigenvalue weighted by molar-refractivity contribution is -0.137. The Labute approximate surface area is 90.8 Å². The van der Waals surface area contributed by atoms with Crippen molar-refractivity contribution in [2.24, 2.45) is 4.99 Å². The maximum Gasteiger partial charge on any atom is 0.416 e. The van der Waals surface area contributed by atoms with Crippen LogP contribution < -0.4 is 0 Å². The molecule has 16 heavy (non-hydrogen) atoms. The van der Waals surface area contributed by atoms with E-state index in [-0.39, 0.29) is 0 Å². The first-order valence-electron chi connectivity index (χ1n) is 4.73. The summed E-state index contributed by atoms with van der Waals surface area (Å²) in [5, 5.41) is 0. The number of carbonyl (C=O) groups excluding carboxylic acids is 1. The van der Waals surface area contributed by atoms with Gasteiger partial charge in [0.05, 0.1) is 11.6 Å². The van der Waals surface area contributed by atoms with Gasteiger partial charge in [-0.25, -0.2) is 4.79 Å². The number of isocyanates is 1. The Hall–Kier alpha value is -1.61. The van der Waals surface area contributed by atoms with Gasteiger partial charge in [0.25, 0.3) is 0 Å². The van der Waals surface area contributed by atoms with Crippen molar-refractivity contribution in [2.75, 3.05) is 0 Å². The van der Waals surface area contributed by atoms with Gasteiger partial charge in [-0.3, -0.25) is 0 Å². The van der Waals surface area contributed by atoms with Gasteiger partial charge in [-0.05, 0) is 24.1 Å². The van der Waals surface area contributed by atoms with Crippen LogP contribution in [0.3, 0.4) is 0 Å². The van der Waals surface area contributed by atoms with Crippen LogP contribution in [0, 0.1) is 0 Å². The highest BCUT2D eigenvalue weighted by molar-refractivity contribution is 5.36. The third-order valence-electron chi connectivity index (χ3n) is 2.22. The molecule has 0 radical (unpaired) electrons. The van der Waals surface area contributed by atoms with Crippen molar-refractivity contribution < 1.29 is 18.0 Å². The van der Waals surface area contributed by atoms with Crippen LogP contribution in [0.15, 0.2) is 29.3 Å². The lowest BCUT2D eigenvalue weighted by atomic mass is 10.0. The normalized spacial score (nSPS) is 13.0. The van der Waals surface area contributed by atoms with Crippen molar-refractivity contribution in [3.05, 3.63) is 35.4 Å². The largest absolute Gasteiger partial charge is 0.416 e. The van der Waals surface area contributed by atoms with Crippen LogP contribution >= 0.6 is 0 Å². The second kappa shape index (κ2) is 4.94. The highest BCUT2D eigenvalue weighted by atomic mass is 19.4. The van der Waals surface area contributed by atoms with E-state index in [4.69, 9.17) is 0 Å². The van der Waals surface area contributed by atoms with E-state index in [1.54, 1.807) is 6.92 Å². The third-order valence-corrected chi connectivity index (χ3v) is 2.22. The summed E-state index contributed by atoms with van der Waals surface area (Å²) in [5.41, 5.74) is -0.125. The van der Waals surface area contributed by atoms with E-state index in [0.29, 0.717) is 12.0 Å². The fraction of sp³-hybridized carbons (Fsp3) is 0.364. The number of nitrogens with zero attached hydrogens (tertiary/aromatic N) is 1. The molecule has 1 unspecified atom stereocenters. The van der Waals surface area contributed by atoms with E-state index in [0.717, 1.165) is 12.1 Å². The van der Waals surface area contributed by atoms with Gasteiger partial charge < -0.3 is 0 Å². The van der Waals surface area contributed by atoms with Crippen LogP contribution in [0.2, 0.25) is 0 Å². The molecular formula is C11H10F3NO. The summed E-state index contributed by atoms with van der Waals surface area (Å²) in [4.78, 5) is 13.6. The highest BCUT2D eigenvalue weighted by Gasteiger charge is 2.30. The summed E-state index contributed by atoms with van der Waals surface area (Å²) in [6.45, 7) is 1.79. The number of hydrogen-bond acceptors (Lipinski definition) is 2. The van der Waals surface area contributed by atoms with Crippen molar-refractivity contribution in [2.45, 2.75) is 25.6 Å². The lowest BCUT2D eigenvalue weighted by Crippen LogP contribution is -2.05. The molecule has 0 N–H and O–H groups in total. The van der Waals surface area contributed by atoms with E-state index in [1.807, 2.05) is 0 Å². The van der Waals surface area contributed by atoms with E-state index in [1.165, 1.54) is 18.2 Å². The Morgan fingerprint density at radius 1 is 1.31 bits per heavy atom. The monoisotopic (exact) mass is 229 g/mol. The maximum absolute atomic E-state index is 12.3. The molecule has 0 fully saturated rings. The SMILES string of the molecule is CCC(N=C=O)c1ccc(C(F)(F)F)cc1. The molecule has 0 aromatic heterocycles. The molecule has 1 aromatic rings. The predicted octanol–water partition coefficient (Wildman–Crippen LogP) is 3.49. The minimum absolute atomic E-state index is 0.417. The Bertz CT molecular complexity index is 391. The third kappa shape index (κ3) is 2.94. The molecule has 0 bridgehead atoms. The minimum atomic E-state index is -4.34. The molecule has 86 valence electrons.